The van der Waals surface area contributed by atoms with Crippen molar-refractivity contribution in [3.63, 3.8) is 0 Å². The van der Waals surface area contributed by atoms with E-state index in [9.17, 15) is 10.2 Å². The third-order valence-corrected chi connectivity index (χ3v) is 11.1. The van der Waals surface area contributed by atoms with Crippen LogP contribution in [0, 0.1) is 5.92 Å². The summed E-state index contributed by atoms with van der Waals surface area (Å²) in [7, 11) is 0. The van der Waals surface area contributed by atoms with Crippen LogP contribution in [0.1, 0.15) is 251 Å². The Labute approximate surface area is 278 Å². The summed E-state index contributed by atoms with van der Waals surface area (Å²) in [5, 5.41) is 21.9. The van der Waals surface area contributed by atoms with Crippen molar-refractivity contribution in [3.05, 3.63) is 0 Å². The van der Waals surface area contributed by atoms with Crippen molar-refractivity contribution in [2.24, 2.45) is 5.92 Å². The van der Waals surface area contributed by atoms with Crippen LogP contribution in [-0.2, 0) is 0 Å². The fourth-order valence-electron chi connectivity index (χ4n) is 7.92. The molecule has 3 unspecified atom stereocenters. The molecule has 0 aromatic rings. The Hall–Kier alpha value is -0.0800. The first-order valence-electron chi connectivity index (χ1n) is 21.0. The first-order valence-corrected chi connectivity index (χ1v) is 21.0. The molecule has 1 fully saturated rings. The number of rotatable bonds is 34. The number of unbranched alkanes of at least 4 members (excludes halogenated alkanes) is 30. The van der Waals surface area contributed by atoms with Crippen LogP contribution in [0.25, 0.3) is 0 Å². The lowest BCUT2D eigenvalue weighted by molar-refractivity contribution is -0.0899. The standard InChI is InChI=1S/C42H84O2/c1-3-5-7-9-11-13-15-17-19-21-23-25-27-29-31-33-35-40-39-41(43)36-38-42(40,44)37-34-32-30-28-26-24-22-20-18-16-14-12-10-8-6-4-2/h40-41,43-44H,3-39H2,1-2H3. The van der Waals surface area contributed by atoms with Crippen molar-refractivity contribution in [1.29, 1.82) is 0 Å². The maximum atomic E-state index is 11.6. The highest BCUT2D eigenvalue weighted by molar-refractivity contribution is 4.92. The van der Waals surface area contributed by atoms with Crippen molar-refractivity contribution in [2.45, 2.75) is 263 Å². The van der Waals surface area contributed by atoms with E-state index in [1.165, 1.54) is 205 Å². The summed E-state index contributed by atoms with van der Waals surface area (Å²) >= 11 is 0. The van der Waals surface area contributed by atoms with Crippen LogP contribution in [0.2, 0.25) is 0 Å². The highest BCUT2D eigenvalue weighted by atomic mass is 16.3. The molecule has 0 saturated heterocycles. The summed E-state index contributed by atoms with van der Waals surface area (Å²) < 4.78 is 0. The largest absolute Gasteiger partial charge is 0.393 e. The second-order valence-corrected chi connectivity index (χ2v) is 15.4. The Balaban J connectivity index is 1.96. The van der Waals surface area contributed by atoms with Gasteiger partial charge in [-0.05, 0) is 38.0 Å². The summed E-state index contributed by atoms with van der Waals surface area (Å²) in [4.78, 5) is 0. The molecule has 1 rings (SSSR count). The quantitative estimate of drug-likeness (QED) is 0.0703. The molecule has 0 heterocycles. The first-order chi connectivity index (χ1) is 21.6. The average Bonchev–Trinajstić information content (AvgIpc) is 3.02. The molecule has 2 heteroatoms. The molecule has 1 saturated carbocycles. The molecular formula is C42H84O2. The zero-order valence-electron chi connectivity index (χ0n) is 30.7. The molecule has 0 spiro atoms. The lowest BCUT2D eigenvalue weighted by Gasteiger charge is -2.42. The monoisotopic (exact) mass is 621 g/mol. The van der Waals surface area contributed by atoms with E-state index >= 15 is 0 Å². The molecule has 264 valence electrons. The SMILES string of the molecule is CCCCCCCCCCCCCCCCCCC1CC(O)CCC1(O)CCCCCCCCCCCCCCCCCC. The van der Waals surface area contributed by atoms with E-state index in [1.54, 1.807) is 0 Å². The van der Waals surface area contributed by atoms with Gasteiger partial charge >= 0.3 is 0 Å². The van der Waals surface area contributed by atoms with Gasteiger partial charge in [0.15, 0.2) is 0 Å². The maximum absolute atomic E-state index is 11.6. The van der Waals surface area contributed by atoms with Crippen molar-refractivity contribution in [1.82, 2.24) is 0 Å². The number of hydrogen-bond donors (Lipinski definition) is 2. The molecule has 0 bridgehead atoms. The summed E-state index contributed by atoms with van der Waals surface area (Å²) in [5.74, 6) is 0.314. The molecule has 0 radical (unpaired) electrons. The molecule has 0 amide bonds. The third kappa shape index (κ3) is 25.1. The zero-order valence-corrected chi connectivity index (χ0v) is 30.7. The maximum Gasteiger partial charge on any atom is 0.0677 e. The van der Waals surface area contributed by atoms with Gasteiger partial charge in [-0.1, -0.05) is 219 Å². The molecule has 3 atom stereocenters. The van der Waals surface area contributed by atoms with Gasteiger partial charge in [-0.2, -0.15) is 0 Å². The number of aliphatic hydroxyl groups excluding tert-OH is 1. The van der Waals surface area contributed by atoms with Gasteiger partial charge in [0.05, 0.1) is 11.7 Å². The zero-order chi connectivity index (χ0) is 31.8. The van der Waals surface area contributed by atoms with Crippen LogP contribution >= 0.6 is 0 Å². The minimum Gasteiger partial charge on any atom is -0.393 e. The predicted molar refractivity (Wildman–Crippen MR) is 197 cm³/mol. The van der Waals surface area contributed by atoms with Crippen LogP contribution < -0.4 is 0 Å². The van der Waals surface area contributed by atoms with Crippen molar-refractivity contribution >= 4 is 0 Å². The average molecular weight is 621 g/mol. The van der Waals surface area contributed by atoms with Crippen molar-refractivity contribution in [2.75, 3.05) is 0 Å². The van der Waals surface area contributed by atoms with E-state index in [4.69, 9.17) is 0 Å². The lowest BCUT2D eigenvalue weighted by Crippen LogP contribution is -2.44. The summed E-state index contributed by atoms with van der Waals surface area (Å²) in [6, 6.07) is 0. The second-order valence-electron chi connectivity index (χ2n) is 15.4. The Kier molecular flexibility index (Phi) is 30.0. The second kappa shape index (κ2) is 31.5. The first kappa shape index (κ1) is 41.9. The number of hydrogen-bond acceptors (Lipinski definition) is 2. The summed E-state index contributed by atoms with van der Waals surface area (Å²) in [5.41, 5.74) is -0.509. The van der Waals surface area contributed by atoms with E-state index in [1.807, 2.05) is 0 Å². The van der Waals surface area contributed by atoms with Crippen LogP contribution in [0.5, 0.6) is 0 Å². The normalized spacial score (nSPS) is 20.5. The van der Waals surface area contributed by atoms with Crippen LogP contribution in [0.3, 0.4) is 0 Å². The van der Waals surface area contributed by atoms with Gasteiger partial charge < -0.3 is 10.2 Å². The van der Waals surface area contributed by atoms with Crippen molar-refractivity contribution in [3.8, 4) is 0 Å². The van der Waals surface area contributed by atoms with Crippen LogP contribution in [0.4, 0.5) is 0 Å². The highest BCUT2D eigenvalue weighted by Crippen LogP contribution is 2.40. The molecule has 44 heavy (non-hydrogen) atoms. The van der Waals surface area contributed by atoms with Gasteiger partial charge in [-0.15, -0.1) is 0 Å². The molecule has 1 aliphatic rings. The highest BCUT2D eigenvalue weighted by Gasteiger charge is 2.40. The van der Waals surface area contributed by atoms with Crippen molar-refractivity contribution < 1.29 is 10.2 Å². The molecular weight excluding hydrogens is 536 g/mol. The van der Waals surface area contributed by atoms with Gasteiger partial charge in [0.25, 0.3) is 0 Å². The minimum atomic E-state index is -0.509. The van der Waals surface area contributed by atoms with Crippen LogP contribution in [-0.4, -0.2) is 21.9 Å². The summed E-state index contributed by atoms with van der Waals surface area (Å²) in [6.07, 6.45) is 49.1. The van der Waals surface area contributed by atoms with Gasteiger partial charge in [-0.3, -0.25) is 0 Å². The van der Waals surface area contributed by atoms with E-state index in [0.29, 0.717) is 5.92 Å². The molecule has 0 aromatic carbocycles. The van der Waals surface area contributed by atoms with E-state index in [2.05, 4.69) is 13.8 Å². The fraction of sp³-hybridized carbons (Fsp3) is 1.00. The van der Waals surface area contributed by atoms with Gasteiger partial charge in [0.1, 0.15) is 0 Å². The van der Waals surface area contributed by atoms with Crippen LogP contribution in [0.15, 0.2) is 0 Å². The van der Waals surface area contributed by atoms with E-state index in [0.717, 1.165) is 32.1 Å². The molecule has 1 aliphatic carbocycles. The summed E-state index contributed by atoms with van der Waals surface area (Å²) in [6.45, 7) is 4.60. The van der Waals surface area contributed by atoms with E-state index < -0.39 is 5.60 Å². The fourth-order valence-corrected chi connectivity index (χ4v) is 7.92. The molecule has 2 nitrogen and oxygen atoms in total. The topological polar surface area (TPSA) is 40.5 Å². The number of aliphatic hydroxyl groups is 2. The minimum absolute atomic E-state index is 0.188. The molecule has 0 aromatic heterocycles. The van der Waals surface area contributed by atoms with Gasteiger partial charge in [0.2, 0.25) is 0 Å². The Morgan fingerprint density at radius 2 is 0.727 bits per heavy atom. The van der Waals surface area contributed by atoms with Gasteiger partial charge in [0, 0.05) is 0 Å². The van der Waals surface area contributed by atoms with Gasteiger partial charge in [-0.25, -0.2) is 0 Å². The Bertz CT molecular complexity index is 562. The molecule has 0 aliphatic heterocycles. The molecule has 2 N–H and O–H groups in total. The Morgan fingerprint density at radius 1 is 0.432 bits per heavy atom. The smallest absolute Gasteiger partial charge is 0.0677 e. The lowest BCUT2D eigenvalue weighted by atomic mass is 9.69. The third-order valence-electron chi connectivity index (χ3n) is 11.1. The predicted octanol–water partition coefficient (Wildman–Crippen LogP) is 14.2. The Morgan fingerprint density at radius 3 is 1.07 bits per heavy atom. The van der Waals surface area contributed by atoms with E-state index in [-0.39, 0.29) is 6.10 Å².